The summed E-state index contributed by atoms with van der Waals surface area (Å²) in [6, 6.07) is 80.5. The Kier molecular flexibility index (Phi) is 8.68. The second-order valence-corrected chi connectivity index (χ2v) is 16.3. The van der Waals surface area contributed by atoms with E-state index in [1.165, 1.54) is 49.3 Å². The lowest BCUT2D eigenvalue weighted by atomic mass is 9.97. The molecule has 0 radical (unpaired) electrons. The highest BCUT2D eigenvalue weighted by Crippen LogP contribution is 2.41. The minimum absolute atomic E-state index is 0.692. The van der Waals surface area contributed by atoms with Crippen molar-refractivity contribution in [1.82, 2.24) is 19.1 Å². The van der Waals surface area contributed by atoms with Gasteiger partial charge in [0, 0.05) is 49.5 Å². The maximum Gasteiger partial charge on any atom is 0.160 e. The summed E-state index contributed by atoms with van der Waals surface area (Å²) in [5.74, 6) is 0.692. The van der Waals surface area contributed by atoms with Crippen molar-refractivity contribution in [2.24, 2.45) is 0 Å². The number of fused-ring (bicyclic) bond motifs is 6. The van der Waals surface area contributed by atoms with Crippen molar-refractivity contribution >= 4 is 43.6 Å². The molecular formula is C59H40N4. The predicted molar refractivity (Wildman–Crippen MR) is 263 cm³/mol. The molecule has 296 valence electrons. The van der Waals surface area contributed by atoms with Crippen LogP contribution in [0.5, 0.6) is 0 Å². The average Bonchev–Trinajstić information content (AvgIpc) is 3.87. The number of para-hydroxylation sites is 3. The molecule has 0 atom stereocenters. The van der Waals surface area contributed by atoms with Gasteiger partial charge >= 0.3 is 0 Å². The quantitative estimate of drug-likeness (QED) is 0.161. The van der Waals surface area contributed by atoms with Crippen molar-refractivity contribution in [2.75, 3.05) is 0 Å². The fourth-order valence-electron chi connectivity index (χ4n) is 9.44. The van der Waals surface area contributed by atoms with Crippen LogP contribution in [0.1, 0.15) is 5.56 Å². The third-order valence-electron chi connectivity index (χ3n) is 12.4. The van der Waals surface area contributed by atoms with Crippen molar-refractivity contribution in [2.45, 2.75) is 6.92 Å². The first-order chi connectivity index (χ1) is 31.1. The summed E-state index contributed by atoms with van der Waals surface area (Å²) in [6.45, 7) is 2.15. The number of benzene rings is 9. The molecule has 12 aromatic rings. The summed E-state index contributed by atoms with van der Waals surface area (Å²) >= 11 is 0. The van der Waals surface area contributed by atoms with Gasteiger partial charge in [-0.15, -0.1) is 0 Å². The van der Waals surface area contributed by atoms with E-state index in [4.69, 9.17) is 9.97 Å². The predicted octanol–water partition coefficient (Wildman–Crippen LogP) is 15.3. The van der Waals surface area contributed by atoms with E-state index in [2.05, 4.69) is 216 Å². The molecule has 0 spiro atoms. The Morgan fingerprint density at radius 3 is 1.54 bits per heavy atom. The molecular weight excluding hydrogens is 765 g/mol. The summed E-state index contributed by atoms with van der Waals surface area (Å²) in [5.41, 5.74) is 17.5. The smallest absolute Gasteiger partial charge is 0.160 e. The highest BCUT2D eigenvalue weighted by atomic mass is 15.0. The second kappa shape index (κ2) is 15.0. The van der Waals surface area contributed by atoms with Crippen LogP contribution in [0.4, 0.5) is 0 Å². The largest absolute Gasteiger partial charge is 0.309 e. The molecule has 4 nitrogen and oxygen atoms in total. The summed E-state index contributed by atoms with van der Waals surface area (Å²) in [5, 5.41) is 4.91. The Morgan fingerprint density at radius 1 is 0.317 bits per heavy atom. The molecule has 0 saturated heterocycles. The Balaban J connectivity index is 1.12. The molecule has 3 heterocycles. The number of rotatable bonds is 7. The van der Waals surface area contributed by atoms with Crippen LogP contribution in [0.3, 0.4) is 0 Å². The van der Waals surface area contributed by atoms with E-state index in [1.807, 2.05) is 24.3 Å². The lowest BCUT2D eigenvalue weighted by Crippen LogP contribution is -2.00. The number of nitrogens with zero attached hydrogens (tertiary/aromatic N) is 4. The Bertz CT molecular complexity index is 3580. The Hall–Kier alpha value is -8.34. The van der Waals surface area contributed by atoms with Crippen molar-refractivity contribution in [3.63, 3.8) is 0 Å². The van der Waals surface area contributed by atoms with E-state index in [0.29, 0.717) is 5.82 Å². The number of hydrogen-bond acceptors (Lipinski definition) is 2. The average molecular weight is 805 g/mol. The van der Waals surface area contributed by atoms with Crippen LogP contribution in [-0.4, -0.2) is 19.1 Å². The minimum atomic E-state index is 0.692. The molecule has 63 heavy (non-hydrogen) atoms. The topological polar surface area (TPSA) is 35.6 Å². The van der Waals surface area contributed by atoms with Gasteiger partial charge in [-0.2, -0.15) is 0 Å². The van der Waals surface area contributed by atoms with E-state index in [0.717, 1.165) is 61.6 Å². The third-order valence-corrected chi connectivity index (χ3v) is 12.4. The highest BCUT2D eigenvalue weighted by Gasteiger charge is 2.20. The van der Waals surface area contributed by atoms with Crippen LogP contribution < -0.4 is 0 Å². The first kappa shape index (κ1) is 36.5. The number of aryl methyl sites for hydroxylation is 1. The van der Waals surface area contributed by atoms with Gasteiger partial charge in [-0.25, -0.2) is 9.97 Å². The molecule has 0 amide bonds. The molecule has 0 aliphatic rings. The summed E-state index contributed by atoms with van der Waals surface area (Å²) in [4.78, 5) is 10.4. The molecule has 0 fully saturated rings. The maximum atomic E-state index is 5.28. The van der Waals surface area contributed by atoms with Gasteiger partial charge in [0.1, 0.15) is 0 Å². The van der Waals surface area contributed by atoms with Gasteiger partial charge in [-0.05, 0) is 84.3 Å². The van der Waals surface area contributed by atoms with Crippen molar-refractivity contribution < 1.29 is 0 Å². The van der Waals surface area contributed by atoms with Crippen LogP contribution in [0.15, 0.2) is 224 Å². The number of hydrogen-bond donors (Lipinski definition) is 0. The fourth-order valence-corrected chi connectivity index (χ4v) is 9.44. The molecule has 0 aliphatic heterocycles. The SMILES string of the molecule is Cc1cccc(-c2ccc3c(c2)c2ccccc2n3-c2ccc(-c3cc(-c4ccccc4)nc(-c4ccccc4)n3)cc2-c2cccc(-n3c4ccccc4c4ccccc43)c2)c1. The van der Waals surface area contributed by atoms with Crippen LogP contribution in [-0.2, 0) is 0 Å². The van der Waals surface area contributed by atoms with Gasteiger partial charge < -0.3 is 9.13 Å². The maximum absolute atomic E-state index is 5.28. The van der Waals surface area contributed by atoms with Crippen LogP contribution in [0.2, 0.25) is 0 Å². The number of aromatic nitrogens is 4. The first-order valence-corrected chi connectivity index (χ1v) is 21.5. The first-order valence-electron chi connectivity index (χ1n) is 21.5. The standard InChI is InChI=1S/C59H40N4/c1-39-16-14-21-42(34-39)43-30-32-58-51(36-43)49-26-10-13-29-56(49)63(58)57-33-31-45(53-38-52(40-17-4-2-5-18-40)60-59(61-53)41-19-6-3-7-20-41)37-50(57)44-22-15-23-46(35-44)62-54-27-11-8-24-47(54)48-25-9-12-28-55(48)62/h2-38H,1H3. The third kappa shape index (κ3) is 6.31. The second-order valence-electron chi connectivity index (χ2n) is 16.3. The molecule has 12 rings (SSSR count). The molecule has 9 aromatic carbocycles. The molecule has 3 aromatic heterocycles. The zero-order valence-electron chi connectivity index (χ0n) is 34.7. The van der Waals surface area contributed by atoms with Crippen LogP contribution >= 0.6 is 0 Å². The van der Waals surface area contributed by atoms with E-state index in [-0.39, 0.29) is 0 Å². The molecule has 0 bridgehead atoms. The van der Waals surface area contributed by atoms with E-state index < -0.39 is 0 Å². The van der Waals surface area contributed by atoms with Crippen molar-refractivity contribution in [3.05, 3.63) is 230 Å². The van der Waals surface area contributed by atoms with Gasteiger partial charge in [0.15, 0.2) is 5.82 Å². The minimum Gasteiger partial charge on any atom is -0.309 e. The van der Waals surface area contributed by atoms with Crippen molar-refractivity contribution in [3.8, 4) is 67.5 Å². The summed E-state index contributed by atoms with van der Waals surface area (Å²) in [7, 11) is 0. The zero-order valence-corrected chi connectivity index (χ0v) is 34.7. The fraction of sp³-hybridized carbons (Fsp3) is 0.0169. The highest BCUT2D eigenvalue weighted by molar-refractivity contribution is 6.11. The summed E-state index contributed by atoms with van der Waals surface area (Å²) in [6.07, 6.45) is 0. The van der Waals surface area contributed by atoms with Gasteiger partial charge in [-0.1, -0.05) is 169 Å². The summed E-state index contributed by atoms with van der Waals surface area (Å²) < 4.78 is 4.84. The molecule has 0 saturated carbocycles. The van der Waals surface area contributed by atoms with Gasteiger partial charge in [0.25, 0.3) is 0 Å². The Labute approximate surface area is 365 Å². The van der Waals surface area contributed by atoms with E-state index in [9.17, 15) is 0 Å². The van der Waals surface area contributed by atoms with E-state index >= 15 is 0 Å². The van der Waals surface area contributed by atoms with Gasteiger partial charge in [0.2, 0.25) is 0 Å². The van der Waals surface area contributed by atoms with E-state index in [1.54, 1.807) is 0 Å². The monoisotopic (exact) mass is 804 g/mol. The molecule has 4 heteroatoms. The lowest BCUT2D eigenvalue weighted by molar-refractivity contribution is 1.16. The molecule has 0 aliphatic carbocycles. The van der Waals surface area contributed by atoms with Crippen LogP contribution in [0, 0.1) is 6.92 Å². The van der Waals surface area contributed by atoms with Gasteiger partial charge in [0.05, 0.1) is 39.1 Å². The zero-order chi connectivity index (χ0) is 41.9. The van der Waals surface area contributed by atoms with Crippen molar-refractivity contribution in [1.29, 1.82) is 0 Å². The van der Waals surface area contributed by atoms with Crippen LogP contribution in [0.25, 0.3) is 111 Å². The normalized spacial score (nSPS) is 11.6. The molecule has 0 unspecified atom stereocenters. The Morgan fingerprint density at radius 2 is 0.841 bits per heavy atom. The lowest BCUT2D eigenvalue weighted by Gasteiger charge is -2.18. The van der Waals surface area contributed by atoms with Gasteiger partial charge in [-0.3, -0.25) is 0 Å². The molecule has 0 N–H and O–H groups in total.